The summed E-state index contributed by atoms with van der Waals surface area (Å²) in [7, 11) is 0. The third kappa shape index (κ3) is 7.94. The van der Waals surface area contributed by atoms with Crippen molar-refractivity contribution in [1.82, 2.24) is 10.2 Å². The van der Waals surface area contributed by atoms with Crippen molar-refractivity contribution in [3.05, 3.63) is 69.2 Å². The summed E-state index contributed by atoms with van der Waals surface area (Å²) in [5, 5.41) is 4.36. The fourth-order valence-corrected chi connectivity index (χ4v) is 5.60. The minimum atomic E-state index is -0.542. The minimum Gasteiger partial charge on any atom is -0.352 e. The molecule has 0 bridgehead atoms. The van der Waals surface area contributed by atoms with Crippen molar-refractivity contribution >= 4 is 46.8 Å². The van der Waals surface area contributed by atoms with Crippen LogP contribution in [0.2, 0.25) is 10.0 Å². The number of benzene rings is 2. The Morgan fingerprint density at radius 2 is 1.88 bits per heavy atom. The third-order valence-corrected chi connectivity index (χ3v) is 7.61. The number of hydrogen-bond donors (Lipinski definition) is 1. The van der Waals surface area contributed by atoms with Gasteiger partial charge in [0.15, 0.2) is 0 Å². The van der Waals surface area contributed by atoms with Crippen LogP contribution in [0.25, 0.3) is 0 Å². The largest absolute Gasteiger partial charge is 0.352 e. The number of amides is 2. The van der Waals surface area contributed by atoms with E-state index in [9.17, 15) is 9.59 Å². The molecule has 2 aromatic rings. The molecule has 0 radical (unpaired) electrons. The maximum atomic E-state index is 13.3. The molecule has 0 heterocycles. The second-order valence-corrected chi connectivity index (χ2v) is 10.6. The Hall–Kier alpha value is -1.69. The lowest BCUT2D eigenvalue weighted by Crippen LogP contribution is -2.50. The second-order valence-electron chi connectivity index (χ2n) is 8.76. The zero-order valence-corrected chi connectivity index (χ0v) is 21.6. The lowest BCUT2D eigenvalue weighted by atomic mass is 9.95. The SMILES string of the molecule is Cc1cccc(CN(C(=O)CSCc2ccc(Cl)cc2Cl)C(C)C(=O)NC2CCCCC2)c1. The van der Waals surface area contributed by atoms with E-state index in [4.69, 9.17) is 23.2 Å². The Balaban J connectivity index is 1.66. The molecule has 1 atom stereocenters. The van der Waals surface area contributed by atoms with Crippen LogP contribution in [0.1, 0.15) is 55.7 Å². The molecule has 0 aliphatic heterocycles. The topological polar surface area (TPSA) is 49.4 Å². The molecule has 7 heteroatoms. The van der Waals surface area contributed by atoms with E-state index in [1.54, 1.807) is 17.0 Å². The maximum Gasteiger partial charge on any atom is 0.242 e. The Morgan fingerprint density at radius 3 is 2.58 bits per heavy atom. The first-order chi connectivity index (χ1) is 15.8. The Morgan fingerprint density at radius 1 is 1.12 bits per heavy atom. The van der Waals surface area contributed by atoms with Crippen LogP contribution in [-0.2, 0) is 21.9 Å². The molecule has 0 spiro atoms. The summed E-state index contributed by atoms with van der Waals surface area (Å²) < 4.78 is 0. The quantitative estimate of drug-likeness (QED) is 0.427. The molecule has 3 rings (SSSR count). The van der Waals surface area contributed by atoms with Gasteiger partial charge in [-0.3, -0.25) is 9.59 Å². The van der Waals surface area contributed by atoms with E-state index in [0.717, 1.165) is 42.4 Å². The highest BCUT2D eigenvalue weighted by Gasteiger charge is 2.28. The maximum absolute atomic E-state index is 13.3. The first-order valence-electron chi connectivity index (χ1n) is 11.5. The smallest absolute Gasteiger partial charge is 0.242 e. The molecule has 1 unspecified atom stereocenters. The van der Waals surface area contributed by atoms with Crippen molar-refractivity contribution in [1.29, 1.82) is 0 Å². The van der Waals surface area contributed by atoms with Crippen LogP contribution in [0.3, 0.4) is 0 Å². The number of aryl methyl sites for hydroxylation is 1. The van der Waals surface area contributed by atoms with E-state index in [1.807, 2.05) is 38.1 Å². The molecular formula is C26H32Cl2N2O2S. The zero-order chi connectivity index (χ0) is 23.8. The van der Waals surface area contributed by atoms with E-state index in [2.05, 4.69) is 11.4 Å². The van der Waals surface area contributed by atoms with Crippen molar-refractivity contribution in [2.75, 3.05) is 5.75 Å². The van der Waals surface area contributed by atoms with Gasteiger partial charge in [-0.1, -0.05) is 78.4 Å². The number of nitrogens with zero attached hydrogens (tertiary/aromatic N) is 1. The van der Waals surface area contributed by atoms with Crippen LogP contribution in [-0.4, -0.2) is 34.6 Å². The number of rotatable bonds is 9. The minimum absolute atomic E-state index is 0.0575. The number of hydrogen-bond acceptors (Lipinski definition) is 3. The molecule has 1 fully saturated rings. The molecule has 178 valence electrons. The van der Waals surface area contributed by atoms with Crippen LogP contribution in [0, 0.1) is 6.92 Å². The summed E-state index contributed by atoms with van der Waals surface area (Å²) in [6.07, 6.45) is 5.56. The van der Waals surface area contributed by atoms with Gasteiger partial charge in [0.2, 0.25) is 11.8 Å². The molecule has 1 saturated carbocycles. The van der Waals surface area contributed by atoms with E-state index < -0.39 is 6.04 Å². The van der Waals surface area contributed by atoms with Crippen LogP contribution >= 0.6 is 35.0 Å². The Bertz CT molecular complexity index is 963. The van der Waals surface area contributed by atoms with E-state index in [0.29, 0.717) is 22.3 Å². The van der Waals surface area contributed by atoms with Crippen molar-refractivity contribution < 1.29 is 9.59 Å². The molecular weight excluding hydrogens is 475 g/mol. The highest BCUT2D eigenvalue weighted by atomic mass is 35.5. The predicted molar refractivity (Wildman–Crippen MR) is 139 cm³/mol. The number of carbonyl (C=O) groups is 2. The molecule has 1 aliphatic rings. The van der Waals surface area contributed by atoms with E-state index >= 15 is 0 Å². The number of halogens is 2. The molecule has 4 nitrogen and oxygen atoms in total. The first-order valence-corrected chi connectivity index (χ1v) is 13.4. The average molecular weight is 508 g/mol. The molecule has 2 amide bonds. The van der Waals surface area contributed by atoms with Gasteiger partial charge < -0.3 is 10.2 Å². The zero-order valence-electron chi connectivity index (χ0n) is 19.3. The number of thioether (sulfide) groups is 1. The van der Waals surface area contributed by atoms with Crippen LogP contribution in [0.4, 0.5) is 0 Å². The second kappa shape index (κ2) is 12.7. The normalized spacial score (nSPS) is 15.2. The van der Waals surface area contributed by atoms with Gasteiger partial charge in [0.25, 0.3) is 0 Å². The highest BCUT2D eigenvalue weighted by molar-refractivity contribution is 7.99. The predicted octanol–water partition coefficient (Wildman–Crippen LogP) is 6.40. The van der Waals surface area contributed by atoms with Gasteiger partial charge in [0, 0.05) is 28.4 Å². The average Bonchev–Trinajstić information content (AvgIpc) is 2.79. The summed E-state index contributed by atoms with van der Waals surface area (Å²) in [5.74, 6) is 0.737. The fourth-order valence-electron chi connectivity index (χ4n) is 4.13. The van der Waals surface area contributed by atoms with Crippen molar-refractivity contribution in [3.63, 3.8) is 0 Å². The lowest BCUT2D eigenvalue weighted by molar-refractivity contribution is -0.139. The monoisotopic (exact) mass is 506 g/mol. The summed E-state index contributed by atoms with van der Waals surface area (Å²) in [4.78, 5) is 28.0. The summed E-state index contributed by atoms with van der Waals surface area (Å²) in [6.45, 7) is 4.26. The third-order valence-electron chi connectivity index (χ3n) is 6.05. The Labute approximate surface area is 211 Å². The molecule has 33 heavy (non-hydrogen) atoms. The number of nitrogens with one attached hydrogen (secondary N) is 1. The van der Waals surface area contributed by atoms with Crippen molar-refractivity contribution in [2.45, 2.75) is 70.3 Å². The van der Waals surface area contributed by atoms with E-state index in [-0.39, 0.29) is 23.6 Å². The molecule has 1 aliphatic carbocycles. The van der Waals surface area contributed by atoms with Gasteiger partial charge in [-0.2, -0.15) is 0 Å². The van der Waals surface area contributed by atoms with Crippen LogP contribution in [0.15, 0.2) is 42.5 Å². The van der Waals surface area contributed by atoms with Crippen LogP contribution < -0.4 is 5.32 Å². The van der Waals surface area contributed by atoms with Crippen molar-refractivity contribution in [3.8, 4) is 0 Å². The molecule has 1 N–H and O–H groups in total. The van der Waals surface area contributed by atoms with E-state index in [1.165, 1.54) is 18.2 Å². The standard InChI is InChI=1S/C26H32Cl2N2O2S/c1-18-7-6-8-20(13-18)15-30(19(2)26(32)29-23-9-4-3-5-10-23)25(31)17-33-16-21-11-12-22(27)14-24(21)28/h6-8,11-14,19,23H,3-5,9-10,15-17H2,1-2H3,(H,29,32). The fraction of sp³-hybridized carbons (Fsp3) is 0.462. The van der Waals surface area contributed by atoms with Gasteiger partial charge in [-0.05, 0) is 49.9 Å². The summed E-state index contributed by atoms with van der Waals surface area (Å²) >= 11 is 13.7. The van der Waals surface area contributed by atoms with Gasteiger partial charge in [0.05, 0.1) is 5.75 Å². The first kappa shape index (κ1) is 25.9. The molecule has 0 saturated heterocycles. The highest BCUT2D eigenvalue weighted by Crippen LogP contribution is 2.25. The van der Waals surface area contributed by atoms with Crippen LogP contribution in [0.5, 0.6) is 0 Å². The van der Waals surface area contributed by atoms with Gasteiger partial charge in [-0.25, -0.2) is 0 Å². The van der Waals surface area contributed by atoms with Gasteiger partial charge >= 0.3 is 0 Å². The molecule has 2 aromatic carbocycles. The number of carbonyl (C=O) groups excluding carboxylic acids is 2. The summed E-state index contributed by atoms with van der Waals surface area (Å²) in [6, 6.07) is 13.1. The lowest BCUT2D eigenvalue weighted by Gasteiger charge is -2.31. The van der Waals surface area contributed by atoms with Crippen molar-refractivity contribution in [2.24, 2.45) is 0 Å². The van der Waals surface area contributed by atoms with Gasteiger partial charge in [-0.15, -0.1) is 11.8 Å². The molecule has 0 aromatic heterocycles. The summed E-state index contributed by atoms with van der Waals surface area (Å²) in [5.41, 5.74) is 3.09. The van der Waals surface area contributed by atoms with Gasteiger partial charge in [0.1, 0.15) is 6.04 Å². The Kier molecular flexibility index (Phi) is 9.96.